The van der Waals surface area contributed by atoms with Crippen LogP contribution in [-0.2, 0) is 0 Å². The van der Waals surface area contributed by atoms with Crippen LogP contribution in [0.3, 0.4) is 0 Å². The lowest BCUT2D eigenvalue weighted by Gasteiger charge is -1.95. The number of benzene rings is 1. The van der Waals surface area contributed by atoms with Crippen molar-refractivity contribution in [2.75, 3.05) is 0 Å². The van der Waals surface area contributed by atoms with Gasteiger partial charge in [0.1, 0.15) is 0 Å². The molecule has 1 heterocycles. The maximum absolute atomic E-state index is 11.5. The number of nitrogens with zero attached hydrogens (tertiary/aromatic N) is 1. The van der Waals surface area contributed by atoms with Gasteiger partial charge in [-0.15, -0.1) is 0 Å². The Morgan fingerprint density at radius 1 is 1.53 bits per heavy atom. The molecule has 0 aliphatic rings. The van der Waals surface area contributed by atoms with Crippen molar-refractivity contribution in [3.8, 4) is 6.07 Å². The van der Waals surface area contributed by atoms with Crippen LogP contribution in [0.1, 0.15) is 16.8 Å². The third-order valence-electron chi connectivity index (χ3n) is 2.20. The lowest BCUT2D eigenvalue weighted by Crippen LogP contribution is -1.95. The number of nitrogens with one attached hydrogen (secondary N) is 1. The molecule has 1 aromatic carbocycles. The average Bonchev–Trinajstić information content (AvgIpc) is 2.63. The number of rotatable bonds is 2. The highest BCUT2D eigenvalue weighted by atomic mass is 35.5. The van der Waals surface area contributed by atoms with Crippen molar-refractivity contribution >= 4 is 28.3 Å². The Morgan fingerprint density at radius 3 is 3.07 bits per heavy atom. The second-order valence-corrected chi connectivity index (χ2v) is 3.53. The molecule has 0 spiro atoms. The first-order valence-corrected chi connectivity index (χ1v) is 4.77. The van der Waals surface area contributed by atoms with Gasteiger partial charge >= 0.3 is 0 Å². The summed E-state index contributed by atoms with van der Waals surface area (Å²) in [7, 11) is 0. The molecular formula is C11H7ClN2O. The molecule has 3 nitrogen and oxygen atoms in total. The molecular weight excluding hydrogens is 212 g/mol. The van der Waals surface area contributed by atoms with E-state index >= 15 is 0 Å². The van der Waals surface area contributed by atoms with E-state index in [2.05, 4.69) is 4.98 Å². The molecule has 2 rings (SSSR count). The van der Waals surface area contributed by atoms with Gasteiger partial charge in [0.15, 0.2) is 5.78 Å². The van der Waals surface area contributed by atoms with Crippen LogP contribution < -0.4 is 0 Å². The van der Waals surface area contributed by atoms with Gasteiger partial charge in [0.25, 0.3) is 0 Å². The summed E-state index contributed by atoms with van der Waals surface area (Å²) in [5.74, 6) is -0.189. The molecule has 0 aliphatic heterocycles. The number of carbonyl (C=O) groups is 1. The second-order valence-electron chi connectivity index (χ2n) is 3.12. The van der Waals surface area contributed by atoms with Gasteiger partial charge in [-0.1, -0.05) is 23.7 Å². The van der Waals surface area contributed by atoms with Crippen molar-refractivity contribution < 1.29 is 4.79 Å². The molecule has 0 unspecified atom stereocenters. The maximum Gasteiger partial charge on any atom is 0.179 e. The predicted octanol–water partition coefficient (Wildman–Crippen LogP) is 2.92. The first kappa shape index (κ1) is 9.75. The Bertz CT molecular complexity index is 565. The summed E-state index contributed by atoms with van der Waals surface area (Å²) in [4.78, 5) is 14.5. The third kappa shape index (κ3) is 1.60. The molecule has 0 aliphatic carbocycles. The fraction of sp³-hybridized carbons (Fsp3) is 0.0909. The monoisotopic (exact) mass is 218 g/mol. The Hall–Kier alpha value is -1.79. The largest absolute Gasteiger partial charge is 0.359 e. The lowest BCUT2D eigenvalue weighted by atomic mass is 10.1. The number of aromatic nitrogens is 1. The Kier molecular flexibility index (Phi) is 2.44. The summed E-state index contributed by atoms with van der Waals surface area (Å²) in [6.45, 7) is 0. The summed E-state index contributed by atoms with van der Waals surface area (Å²) in [5.41, 5.74) is 1.26. The number of hydrogen-bond acceptors (Lipinski definition) is 2. The van der Waals surface area contributed by atoms with E-state index in [1.165, 1.54) is 0 Å². The first-order valence-electron chi connectivity index (χ1n) is 4.40. The Balaban J connectivity index is 2.60. The number of fused-ring (bicyclic) bond motifs is 1. The van der Waals surface area contributed by atoms with Gasteiger partial charge in [-0.3, -0.25) is 4.79 Å². The van der Waals surface area contributed by atoms with E-state index in [1.807, 2.05) is 12.1 Å². The van der Waals surface area contributed by atoms with Crippen molar-refractivity contribution in [2.45, 2.75) is 6.42 Å². The van der Waals surface area contributed by atoms with Crippen LogP contribution in [-0.4, -0.2) is 10.8 Å². The van der Waals surface area contributed by atoms with Gasteiger partial charge in [0, 0.05) is 17.1 Å². The van der Waals surface area contributed by atoms with E-state index in [1.54, 1.807) is 18.3 Å². The van der Waals surface area contributed by atoms with Crippen molar-refractivity contribution in [1.82, 2.24) is 4.98 Å². The normalized spacial score (nSPS) is 10.1. The zero-order valence-electron chi connectivity index (χ0n) is 7.75. The van der Waals surface area contributed by atoms with E-state index in [-0.39, 0.29) is 12.2 Å². The van der Waals surface area contributed by atoms with Gasteiger partial charge in [0.05, 0.1) is 23.0 Å². The number of carbonyl (C=O) groups excluding carboxylic acids is 1. The molecule has 0 fully saturated rings. The molecule has 74 valence electrons. The molecule has 0 saturated heterocycles. The molecule has 4 heteroatoms. The molecule has 0 radical (unpaired) electrons. The number of hydrogen-bond donors (Lipinski definition) is 1. The van der Waals surface area contributed by atoms with Gasteiger partial charge in [-0.05, 0) is 6.07 Å². The van der Waals surface area contributed by atoms with Crippen LogP contribution in [0.5, 0.6) is 0 Å². The standard InChI is InChI=1S/C11H7ClN2O/c12-9-3-1-2-7-8(6-14-11(7)9)10(15)4-5-13/h1-3,6,14H,4H2. The highest BCUT2D eigenvalue weighted by molar-refractivity contribution is 6.35. The minimum atomic E-state index is -0.189. The predicted molar refractivity (Wildman–Crippen MR) is 57.9 cm³/mol. The van der Waals surface area contributed by atoms with Crippen molar-refractivity contribution in [2.24, 2.45) is 0 Å². The van der Waals surface area contributed by atoms with E-state index < -0.39 is 0 Å². The summed E-state index contributed by atoms with van der Waals surface area (Å²) in [6, 6.07) is 7.17. The van der Waals surface area contributed by atoms with Crippen LogP contribution >= 0.6 is 11.6 Å². The van der Waals surface area contributed by atoms with Crippen LogP contribution in [0, 0.1) is 11.3 Å². The SMILES string of the molecule is N#CCC(=O)c1c[nH]c2c(Cl)cccc12. The molecule has 1 aromatic heterocycles. The van der Waals surface area contributed by atoms with Gasteiger partial charge in [-0.2, -0.15) is 5.26 Å². The minimum absolute atomic E-state index is 0.112. The van der Waals surface area contributed by atoms with Crippen molar-refractivity contribution in [3.05, 3.63) is 35.0 Å². The summed E-state index contributed by atoms with van der Waals surface area (Å²) in [5, 5.41) is 9.79. The molecule has 0 atom stereocenters. The van der Waals surface area contributed by atoms with Crippen molar-refractivity contribution in [3.63, 3.8) is 0 Å². The Morgan fingerprint density at radius 2 is 2.33 bits per heavy atom. The molecule has 0 bridgehead atoms. The number of ketones is 1. The van der Waals surface area contributed by atoms with Gasteiger partial charge < -0.3 is 4.98 Å². The lowest BCUT2D eigenvalue weighted by molar-refractivity contribution is 0.0999. The van der Waals surface area contributed by atoms with E-state index in [4.69, 9.17) is 16.9 Å². The first-order chi connectivity index (χ1) is 7.24. The average molecular weight is 219 g/mol. The van der Waals surface area contributed by atoms with E-state index in [0.29, 0.717) is 10.6 Å². The van der Waals surface area contributed by atoms with Gasteiger partial charge in [0.2, 0.25) is 0 Å². The topological polar surface area (TPSA) is 56.6 Å². The van der Waals surface area contributed by atoms with Gasteiger partial charge in [-0.25, -0.2) is 0 Å². The molecule has 2 aromatic rings. The highest BCUT2D eigenvalue weighted by Crippen LogP contribution is 2.25. The van der Waals surface area contributed by atoms with Crippen molar-refractivity contribution in [1.29, 1.82) is 5.26 Å². The summed E-state index contributed by atoms with van der Waals surface area (Å²) >= 11 is 5.94. The highest BCUT2D eigenvalue weighted by Gasteiger charge is 2.12. The number of halogens is 1. The minimum Gasteiger partial charge on any atom is -0.359 e. The number of aromatic amines is 1. The zero-order chi connectivity index (χ0) is 10.8. The van der Waals surface area contributed by atoms with Crippen LogP contribution in [0.25, 0.3) is 10.9 Å². The molecule has 15 heavy (non-hydrogen) atoms. The number of para-hydroxylation sites is 1. The molecule has 0 saturated carbocycles. The maximum atomic E-state index is 11.5. The fourth-order valence-electron chi connectivity index (χ4n) is 1.52. The van der Waals surface area contributed by atoms with E-state index in [9.17, 15) is 4.79 Å². The smallest absolute Gasteiger partial charge is 0.179 e. The second kappa shape index (κ2) is 3.76. The molecule has 0 amide bonds. The summed E-state index contributed by atoms with van der Waals surface area (Å²) < 4.78 is 0. The number of nitriles is 1. The van der Waals surface area contributed by atoms with Crippen LogP contribution in [0.15, 0.2) is 24.4 Å². The Labute approximate surface area is 91.3 Å². The third-order valence-corrected chi connectivity index (χ3v) is 2.52. The number of Topliss-reactive ketones (excluding diaryl/α,β-unsaturated/α-hetero) is 1. The zero-order valence-corrected chi connectivity index (χ0v) is 8.51. The fourth-order valence-corrected chi connectivity index (χ4v) is 1.74. The van der Waals surface area contributed by atoms with E-state index in [0.717, 1.165) is 10.9 Å². The quantitative estimate of drug-likeness (QED) is 0.788. The summed E-state index contributed by atoms with van der Waals surface area (Å²) in [6.07, 6.45) is 1.48. The number of H-pyrrole nitrogens is 1. The van der Waals surface area contributed by atoms with Crippen LogP contribution in [0.4, 0.5) is 0 Å². The molecule has 1 N–H and O–H groups in total. The van der Waals surface area contributed by atoms with Crippen LogP contribution in [0.2, 0.25) is 5.02 Å².